The highest BCUT2D eigenvalue weighted by atomic mass is 127. The number of hydrogen-bond donors (Lipinski definition) is 0. The van der Waals surface area contributed by atoms with Crippen molar-refractivity contribution in [3.8, 4) is 16.2 Å². The average molecular weight is 559 g/mol. The molecule has 0 aliphatic carbocycles. The second kappa shape index (κ2) is 7.73. The molecule has 0 saturated heterocycles. The lowest BCUT2D eigenvalue weighted by Gasteiger charge is -2.26. The van der Waals surface area contributed by atoms with Gasteiger partial charge in [-0.05, 0) is 72.3 Å². The highest BCUT2D eigenvalue weighted by Gasteiger charge is 2.31. The summed E-state index contributed by atoms with van der Waals surface area (Å²) in [6.45, 7) is 6.47. The first-order valence-electron chi connectivity index (χ1n) is 8.54. The van der Waals surface area contributed by atoms with E-state index in [2.05, 4.69) is 99.4 Å². The highest BCUT2D eigenvalue weighted by molar-refractivity contribution is 14.1. The summed E-state index contributed by atoms with van der Waals surface area (Å²) in [5.74, 6) is 0.962. The molecule has 6 heteroatoms. The fraction of sp³-hybridized carbons (Fsp3) is 0.250. The molecule has 1 aliphatic rings. The number of halogens is 2. The Labute approximate surface area is 183 Å². The van der Waals surface area contributed by atoms with E-state index in [4.69, 9.17) is 4.74 Å². The van der Waals surface area contributed by atoms with Crippen LogP contribution in [0.3, 0.4) is 0 Å². The van der Waals surface area contributed by atoms with Crippen LogP contribution in [0.4, 0.5) is 0 Å². The number of hydrogen-bond acceptors (Lipinski definition) is 3. The zero-order chi connectivity index (χ0) is 18.3. The van der Waals surface area contributed by atoms with Gasteiger partial charge in [0.25, 0.3) is 0 Å². The van der Waals surface area contributed by atoms with Gasteiger partial charge in [0.1, 0.15) is 18.8 Å². The number of ether oxygens (including phenoxy) is 1. The number of benzene rings is 2. The van der Waals surface area contributed by atoms with Gasteiger partial charge in [0.2, 0.25) is 0 Å². The molecule has 3 aromatic rings. The predicted octanol–water partition coefficient (Wildman–Crippen LogP) is 6.14. The normalized spacial score (nSPS) is 15.2. The topological polar surface area (TPSA) is 12.2 Å². The van der Waals surface area contributed by atoms with E-state index in [0.29, 0.717) is 0 Å². The van der Waals surface area contributed by atoms with Crippen molar-refractivity contribution >= 4 is 61.2 Å². The quantitative estimate of drug-likeness (QED) is 0.278. The van der Waals surface area contributed by atoms with Crippen LogP contribution in [-0.2, 0) is 0 Å². The second-order valence-corrected chi connectivity index (χ2v) is 10.5. The summed E-state index contributed by atoms with van der Waals surface area (Å²) < 4.78 is 12.6. The molecule has 0 amide bonds. The number of nitrogens with zero attached hydrogens (tertiary/aromatic N) is 1. The van der Waals surface area contributed by atoms with Gasteiger partial charge in [0, 0.05) is 13.6 Å². The van der Waals surface area contributed by atoms with E-state index in [-0.39, 0.29) is 6.10 Å². The Bertz CT molecular complexity index is 1020. The minimum atomic E-state index is -0.0405. The van der Waals surface area contributed by atoms with E-state index in [9.17, 15) is 0 Å². The maximum Gasteiger partial charge on any atom is 0.314 e. The van der Waals surface area contributed by atoms with Crippen LogP contribution in [0.15, 0.2) is 46.9 Å². The zero-order valence-electron chi connectivity index (χ0n) is 14.5. The molecule has 0 bridgehead atoms. The lowest BCUT2D eigenvalue weighted by Crippen LogP contribution is -2.25. The van der Waals surface area contributed by atoms with Crippen LogP contribution in [-0.4, -0.2) is 13.1 Å². The van der Waals surface area contributed by atoms with Crippen LogP contribution in [0.25, 0.3) is 10.4 Å². The van der Waals surface area contributed by atoms with Gasteiger partial charge in [-0.15, -0.1) is 0 Å². The summed E-state index contributed by atoms with van der Waals surface area (Å²) in [6, 6.07) is 15.0. The van der Waals surface area contributed by atoms with E-state index in [1.807, 2.05) is 22.7 Å². The lowest BCUT2D eigenvalue weighted by molar-refractivity contribution is 0.248. The Kier molecular flexibility index (Phi) is 5.55. The third-order valence-corrected chi connectivity index (χ3v) is 8.46. The zero-order valence-corrected chi connectivity index (χ0v) is 19.8. The van der Waals surface area contributed by atoms with Crippen LogP contribution < -0.4 is 13.3 Å². The standard InChI is InChI=1S/C20H18BrINOS2/c1-3-23(4-2)20-25-18-15-11-13(21)7-10-16(15)24-17(19(18)26-20)12-5-8-14(22)9-6-12/h5-11,17H,3-4H2,1-2H3/q+1. The fourth-order valence-corrected chi connectivity index (χ4v) is 6.85. The maximum absolute atomic E-state index is 6.47. The Hall–Kier alpha value is -0.700. The van der Waals surface area contributed by atoms with Crippen molar-refractivity contribution in [1.29, 1.82) is 0 Å². The van der Waals surface area contributed by atoms with Crippen molar-refractivity contribution in [2.75, 3.05) is 13.1 Å². The third kappa shape index (κ3) is 3.41. The van der Waals surface area contributed by atoms with Crippen molar-refractivity contribution in [1.82, 2.24) is 4.58 Å². The third-order valence-electron chi connectivity index (χ3n) is 4.47. The van der Waals surface area contributed by atoms with E-state index >= 15 is 0 Å². The van der Waals surface area contributed by atoms with Crippen molar-refractivity contribution < 1.29 is 4.74 Å². The largest absolute Gasteiger partial charge is 0.479 e. The Morgan fingerprint density at radius 3 is 2.50 bits per heavy atom. The van der Waals surface area contributed by atoms with Crippen molar-refractivity contribution in [2.24, 2.45) is 0 Å². The molecule has 0 N–H and O–H groups in total. The van der Waals surface area contributed by atoms with Crippen molar-refractivity contribution in [2.45, 2.75) is 20.0 Å². The molecule has 0 spiro atoms. The van der Waals surface area contributed by atoms with Crippen LogP contribution in [0, 0.1) is 3.57 Å². The molecular weight excluding hydrogens is 541 g/mol. The SMILES string of the molecule is CC[N+](CC)=c1sc2c(s1)C(c1ccc(I)cc1)Oc1ccc(Br)cc1-2. The second-order valence-electron chi connectivity index (χ2n) is 6.03. The average Bonchev–Trinajstić information content (AvgIpc) is 3.08. The summed E-state index contributed by atoms with van der Waals surface area (Å²) in [6.07, 6.45) is -0.0405. The molecule has 1 unspecified atom stereocenters. The molecule has 0 saturated carbocycles. The molecule has 26 heavy (non-hydrogen) atoms. The Morgan fingerprint density at radius 2 is 1.81 bits per heavy atom. The van der Waals surface area contributed by atoms with Gasteiger partial charge >= 0.3 is 3.98 Å². The van der Waals surface area contributed by atoms with Gasteiger partial charge in [0.05, 0.1) is 9.75 Å². The smallest absolute Gasteiger partial charge is 0.314 e. The van der Waals surface area contributed by atoms with Gasteiger partial charge in [0.15, 0.2) is 6.10 Å². The Balaban J connectivity index is 1.95. The van der Waals surface area contributed by atoms with Crippen LogP contribution >= 0.6 is 61.2 Å². The molecule has 2 heterocycles. The first kappa shape index (κ1) is 18.7. The molecule has 2 nitrogen and oxygen atoms in total. The molecule has 1 aliphatic heterocycles. The van der Waals surface area contributed by atoms with Gasteiger partial charge in [-0.1, -0.05) is 50.7 Å². The first-order chi connectivity index (χ1) is 12.6. The minimum absolute atomic E-state index is 0.0405. The predicted molar refractivity (Wildman–Crippen MR) is 123 cm³/mol. The molecule has 4 rings (SSSR count). The maximum atomic E-state index is 6.47. The summed E-state index contributed by atoms with van der Waals surface area (Å²) in [5.41, 5.74) is 2.40. The number of rotatable bonds is 3. The van der Waals surface area contributed by atoms with Crippen molar-refractivity contribution in [3.63, 3.8) is 0 Å². The summed E-state index contributed by atoms with van der Waals surface area (Å²) in [5, 5.41) is 0. The van der Waals surface area contributed by atoms with E-state index in [1.54, 1.807) is 0 Å². The lowest BCUT2D eigenvalue weighted by atomic mass is 10.0. The monoisotopic (exact) mass is 558 g/mol. The molecule has 2 aromatic carbocycles. The highest BCUT2D eigenvalue weighted by Crippen LogP contribution is 2.48. The Morgan fingerprint density at radius 1 is 1.08 bits per heavy atom. The van der Waals surface area contributed by atoms with Gasteiger partial charge in [-0.3, -0.25) is 0 Å². The van der Waals surface area contributed by atoms with Crippen LogP contribution in [0.2, 0.25) is 0 Å². The van der Waals surface area contributed by atoms with Gasteiger partial charge < -0.3 is 4.74 Å². The molecule has 0 fully saturated rings. The van der Waals surface area contributed by atoms with Gasteiger partial charge in [-0.25, -0.2) is 4.58 Å². The summed E-state index contributed by atoms with van der Waals surface area (Å²) >= 11 is 9.72. The summed E-state index contributed by atoms with van der Waals surface area (Å²) in [4.78, 5) is 2.65. The molecule has 134 valence electrons. The minimum Gasteiger partial charge on any atom is -0.479 e. The molecule has 1 atom stereocenters. The van der Waals surface area contributed by atoms with Crippen LogP contribution in [0.1, 0.15) is 30.4 Å². The van der Waals surface area contributed by atoms with Crippen LogP contribution in [0.5, 0.6) is 5.75 Å². The number of fused-ring (bicyclic) bond motifs is 3. The van der Waals surface area contributed by atoms with Crippen molar-refractivity contribution in [3.05, 3.63) is 64.9 Å². The molecular formula is C20H18BrINOS2+. The van der Waals surface area contributed by atoms with E-state index < -0.39 is 0 Å². The fourth-order valence-electron chi connectivity index (χ4n) is 3.09. The summed E-state index contributed by atoms with van der Waals surface area (Å²) in [7, 11) is 0. The molecule has 0 radical (unpaired) electrons. The molecule has 1 aromatic heterocycles. The first-order valence-corrected chi connectivity index (χ1v) is 12.0. The van der Waals surface area contributed by atoms with E-state index in [0.717, 1.165) is 23.3 Å². The van der Waals surface area contributed by atoms with E-state index in [1.165, 1.54) is 28.4 Å². The van der Waals surface area contributed by atoms with Gasteiger partial charge in [-0.2, -0.15) is 0 Å².